The highest BCUT2D eigenvalue weighted by Crippen LogP contribution is 2.29. The largest absolute Gasteiger partial charge is 0.478 e. The molecule has 1 heterocycles. The molecule has 0 saturated heterocycles. The fourth-order valence-electron chi connectivity index (χ4n) is 3.01. The van der Waals surface area contributed by atoms with Gasteiger partial charge in [-0.05, 0) is 28.5 Å². The molecule has 1 N–H and O–H groups in total. The van der Waals surface area contributed by atoms with Crippen LogP contribution in [0.3, 0.4) is 0 Å². The summed E-state index contributed by atoms with van der Waals surface area (Å²) in [6.07, 6.45) is -1.02. The Morgan fingerprint density at radius 2 is 1.77 bits per heavy atom. The van der Waals surface area contributed by atoms with Crippen molar-refractivity contribution in [3.05, 3.63) is 72.3 Å². The predicted octanol–water partition coefficient (Wildman–Crippen LogP) is 3.67. The quantitative estimate of drug-likeness (QED) is 0.732. The minimum absolute atomic E-state index is 0.134. The SMILES string of the molecule is O=C(CC1Oc2ccccc2NC1=O)OCc1cccc2ccccc12. The number of rotatable bonds is 4. The van der Waals surface area contributed by atoms with E-state index in [1.165, 1.54) is 0 Å². The summed E-state index contributed by atoms with van der Waals surface area (Å²) in [5.74, 6) is -0.262. The van der Waals surface area contributed by atoms with Gasteiger partial charge in [0, 0.05) is 0 Å². The van der Waals surface area contributed by atoms with Crippen LogP contribution in [0.1, 0.15) is 12.0 Å². The lowest BCUT2D eigenvalue weighted by atomic mass is 10.1. The molecule has 26 heavy (non-hydrogen) atoms. The first-order chi connectivity index (χ1) is 12.7. The molecule has 130 valence electrons. The van der Waals surface area contributed by atoms with Crippen LogP contribution in [0.5, 0.6) is 5.75 Å². The Labute approximate surface area is 150 Å². The highest BCUT2D eigenvalue weighted by molar-refractivity contribution is 5.99. The maximum absolute atomic E-state index is 12.2. The normalized spacial score (nSPS) is 15.7. The molecule has 0 bridgehead atoms. The average molecular weight is 347 g/mol. The maximum atomic E-state index is 12.2. The van der Waals surface area contributed by atoms with Crippen LogP contribution in [-0.4, -0.2) is 18.0 Å². The van der Waals surface area contributed by atoms with Crippen molar-refractivity contribution in [3.8, 4) is 5.75 Å². The lowest BCUT2D eigenvalue weighted by Crippen LogP contribution is -2.38. The Kier molecular flexibility index (Phi) is 4.27. The fourth-order valence-corrected chi connectivity index (χ4v) is 3.01. The zero-order valence-electron chi connectivity index (χ0n) is 14.0. The third-order valence-corrected chi connectivity index (χ3v) is 4.33. The van der Waals surface area contributed by atoms with E-state index in [-0.39, 0.29) is 18.9 Å². The molecule has 3 aromatic carbocycles. The summed E-state index contributed by atoms with van der Waals surface area (Å²) in [5, 5.41) is 4.88. The molecule has 0 saturated carbocycles. The molecule has 5 nitrogen and oxygen atoms in total. The second-order valence-electron chi connectivity index (χ2n) is 6.09. The van der Waals surface area contributed by atoms with E-state index < -0.39 is 12.1 Å². The van der Waals surface area contributed by atoms with E-state index in [1.54, 1.807) is 18.2 Å². The van der Waals surface area contributed by atoms with Crippen LogP contribution in [0.2, 0.25) is 0 Å². The van der Waals surface area contributed by atoms with Crippen molar-refractivity contribution in [1.82, 2.24) is 0 Å². The van der Waals surface area contributed by atoms with Gasteiger partial charge in [-0.15, -0.1) is 0 Å². The number of amides is 1. The van der Waals surface area contributed by atoms with Gasteiger partial charge in [0.2, 0.25) is 0 Å². The number of benzene rings is 3. The van der Waals surface area contributed by atoms with Gasteiger partial charge in [0.05, 0.1) is 12.1 Å². The molecular weight excluding hydrogens is 330 g/mol. The van der Waals surface area contributed by atoms with Crippen LogP contribution in [0.25, 0.3) is 10.8 Å². The van der Waals surface area contributed by atoms with Gasteiger partial charge in [0.15, 0.2) is 6.10 Å². The monoisotopic (exact) mass is 347 g/mol. The highest BCUT2D eigenvalue weighted by atomic mass is 16.5. The van der Waals surface area contributed by atoms with Crippen LogP contribution in [0, 0.1) is 0 Å². The number of carbonyl (C=O) groups is 2. The Morgan fingerprint density at radius 1 is 1.00 bits per heavy atom. The van der Waals surface area contributed by atoms with Gasteiger partial charge in [-0.2, -0.15) is 0 Å². The number of esters is 1. The van der Waals surface area contributed by atoms with Crippen LogP contribution >= 0.6 is 0 Å². The average Bonchev–Trinajstić information content (AvgIpc) is 2.67. The van der Waals surface area contributed by atoms with Crippen molar-refractivity contribution >= 4 is 28.3 Å². The van der Waals surface area contributed by atoms with E-state index >= 15 is 0 Å². The third-order valence-electron chi connectivity index (χ3n) is 4.33. The van der Waals surface area contributed by atoms with E-state index in [9.17, 15) is 9.59 Å². The molecule has 3 aromatic rings. The van der Waals surface area contributed by atoms with Crippen molar-refractivity contribution in [2.75, 3.05) is 5.32 Å². The summed E-state index contributed by atoms with van der Waals surface area (Å²) in [6, 6.07) is 20.9. The summed E-state index contributed by atoms with van der Waals surface area (Å²) >= 11 is 0. The van der Waals surface area contributed by atoms with Crippen LogP contribution in [0.4, 0.5) is 5.69 Å². The van der Waals surface area contributed by atoms with E-state index in [2.05, 4.69) is 5.32 Å². The summed E-state index contributed by atoms with van der Waals surface area (Å²) in [6.45, 7) is 0.158. The van der Waals surface area contributed by atoms with Crippen molar-refractivity contribution < 1.29 is 19.1 Å². The Balaban J connectivity index is 1.41. The third kappa shape index (κ3) is 3.24. The molecule has 1 aliphatic rings. The number of ether oxygens (including phenoxy) is 2. The second-order valence-corrected chi connectivity index (χ2v) is 6.09. The van der Waals surface area contributed by atoms with Crippen molar-refractivity contribution in [2.24, 2.45) is 0 Å². The van der Waals surface area contributed by atoms with Gasteiger partial charge in [-0.25, -0.2) is 0 Å². The standard InChI is InChI=1S/C21H17NO4/c23-20(12-19-21(24)22-17-10-3-4-11-18(17)26-19)25-13-15-8-5-7-14-6-1-2-9-16(14)15/h1-11,19H,12-13H2,(H,22,24). The van der Waals surface area contributed by atoms with Gasteiger partial charge >= 0.3 is 5.97 Å². The first-order valence-electron chi connectivity index (χ1n) is 8.39. The summed E-state index contributed by atoms with van der Waals surface area (Å²) in [4.78, 5) is 24.3. The molecule has 0 radical (unpaired) electrons. The topological polar surface area (TPSA) is 64.6 Å². The molecule has 1 amide bonds. The Morgan fingerprint density at radius 3 is 2.69 bits per heavy atom. The van der Waals surface area contributed by atoms with E-state index in [1.807, 2.05) is 48.5 Å². The molecule has 0 fully saturated rings. The minimum atomic E-state index is -0.884. The lowest BCUT2D eigenvalue weighted by molar-refractivity contribution is -0.149. The van der Waals surface area contributed by atoms with Gasteiger partial charge in [-0.1, -0.05) is 54.6 Å². The first kappa shape index (κ1) is 16.1. The summed E-state index contributed by atoms with van der Waals surface area (Å²) < 4.78 is 11.0. The summed E-state index contributed by atoms with van der Waals surface area (Å²) in [5.41, 5.74) is 1.54. The molecule has 0 aromatic heterocycles. The molecule has 1 aliphatic heterocycles. The number of hydrogen-bond acceptors (Lipinski definition) is 4. The lowest BCUT2D eigenvalue weighted by Gasteiger charge is -2.25. The minimum Gasteiger partial charge on any atom is -0.478 e. The number of carbonyl (C=O) groups excluding carboxylic acids is 2. The molecule has 1 unspecified atom stereocenters. The number of para-hydroxylation sites is 2. The molecule has 1 atom stereocenters. The first-order valence-corrected chi connectivity index (χ1v) is 8.39. The Hall–Kier alpha value is -3.34. The predicted molar refractivity (Wildman–Crippen MR) is 97.8 cm³/mol. The number of fused-ring (bicyclic) bond motifs is 2. The molecule has 0 spiro atoms. The number of nitrogens with one attached hydrogen (secondary N) is 1. The van der Waals surface area contributed by atoms with Gasteiger partial charge < -0.3 is 14.8 Å². The van der Waals surface area contributed by atoms with Gasteiger partial charge in [0.25, 0.3) is 5.91 Å². The van der Waals surface area contributed by atoms with E-state index in [4.69, 9.17) is 9.47 Å². The van der Waals surface area contributed by atoms with Crippen LogP contribution in [0.15, 0.2) is 66.7 Å². The zero-order chi connectivity index (χ0) is 17.9. The smallest absolute Gasteiger partial charge is 0.310 e. The zero-order valence-corrected chi connectivity index (χ0v) is 14.0. The van der Waals surface area contributed by atoms with Crippen LogP contribution < -0.4 is 10.1 Å². The maximum Gasteiger partial charge on any atom is 0.310 e. The number of anilines is 1. The highest BCUT2D eigenvalue weighted by Gasteiger charge is 2.30. The van der Waals surface area contributed by atoms with E-state index in [0.29, 0.717) is 11.4 Å². The fraction of sp³-hybridized carbons (Fsp3) is 0.143. The number of hydrogen-bond donors (Lipinski definition) is 1. The molecule has 0 aliphatic carbocycles. The molecular formula is C21H17NO4. The second kappa shape index (κ2) is 6.88. The van der Waals surface area contributed by atoms with Crippen molar-refractivity contribution in [2.45, 2.75) is 19.1 Å². The van der Waals surface area contributed by atoms with Crippen molar-refractivity contribution in [3.63, 3.8) is 0 Å². The molecule has 5 heteroatoms. The van der Waals surface area contributed by atoms with Gasteiger partial charge in [0.1, 0.15) is 12.4 Å². The van der Waals surface area contributed by atoms with E-state index in [0.717, 1.165) is 16.3 Å². The molecule has 4 rings (SSSR count). The van der Waals surface area contributed by atoms with Crippen molar-refractivity contribution in [1.29, 1.82) is 0 Å². The summed E-state index contributed by atoms with van der Waals surface area (Å²) in [7, 11) is 0. The van der Waals surface area contributed by atoms with Gasteiger partial charge in [-0.3, -0.25) is 9.59 Å². The Bertz CT molecular complexity index is 977. The van der Waals surface area contributed by atoms with Crippen LogP contribution in [-0.2, 0) is 20.9 Å².